The Labute approximate surface area is 168 Å². The zero-order chi connectivity index (χ0) is 20.4. The number of amides is 1. The average molecular weight is 414 g/mol. The molecule has 0 saturated carbocycles. The first-order valence-corrected chi connectivity index (χ1v) is 9.19. The van der Waals surface area contributed by atoms with Crippen LogP contribution in [0.2, 0.25) is 5.02 Å². The predicted octanol–water partition coefficient (Wildman–Crippen LogP) is 1.07. The van der Waals surface area contributed by atoms with Gasteiger partial charge >= 0.3 is 5.97 Å². The van der Waals surface area contributed by atoms with E-state index in [2.05, 4.69) is 15.3 Å². The van der Waals surface area contributed by atoms with Gasteiger partial charge < -0.3 is 18.9 Å². The maximum Gasteiger partial charge on any atom is 0.343 e. The van der Waals surface area contributed by atoms with Gasteiger partial charge in [0.25, 0.3) is 5.91 Å². The highest BCUT2D eigenvalue weighted by Crippen LogP contribution is 2.36. The molecule has 10 heteroatoms. The van der Waals surface area contributed by atoms with Gasteiger partial charge in [0.2, 0.25) is 0 Å². The fourth-order valence-corrected chi connectivity index (χ4v) is 2.71. The van der Waals surface area contributed by atoms with Gasteiger partial charge in [0.1, 0.15) is 0 Å². The third-order valence-corrected chi connectivity index (χ3v) is 4.05. The highest BCUT2D eigenvalue weighted by molar-refractivity contribution is 6.32. The number of carbonyl (C=O) groups is 2. The van der Waals surface area contributed by atoms with Crippen molar-refractivity contribution in [2.75, 3.05) is 53.2 Å². The lowest BCUT2D eigenvalue weighted by molar-refractivity contribution is -0.142. The standard InChI is InChI=1S/C18H24ClN3O6/c1-3-27-15-9-13(8-14(19)18(15)28-12-17(24)25-2)10-20-21-16(23)11-22-4-6-26-7-5-22/h8-10H,3-7,11-12H2,1-2H3,(H,21,23)/b20-10+. The number of nitrogens with zero attached hydrogens (tertiary/aromatic N) is 2. The van der Waals surface area contributed by atoms with Gasteiger partial charge in [-0.25, -0.2) is 10.2 Å². The molecule has 2 rings (SSSR count). The number of halogens is 1. The third-order valence-electron chi connectivity index (χ3n) is 3.77. The zero-order valence-electron chi connectivity index (χ0n) is 15.9. The van der Waals surface area contributed by atoms with Gasteiger partial charge in [0.15, 0.2) is 18.1 Å². The van der Waals surface area contributed by atoms with Crippen LogP contribution in [0.25, 0.3) is 0 Å². The lowest BCUT2D eigenvalue weighted by Crippen LogP contribution is -2.42. The number of esters is 1. The normalized spacial score (nSPS) is 14.7. The molecule has 1 N–H and O–H groups in total. The van der Waals surface area contributed by atoms with Crippen molar-refractivity contribution in [1.29, 1.82) is 0 Å². The third kappa shape index (κ3) is 6.99. The topological polar surface area (TPSA) is 98.7 Å². The van der Waals surface area contributed by atoms with E-state index in [1.807, 2.05) is 11.8 Å². The summed E-state index contributed by atoms with van der Waals surface area (Å²) in [7, 11) is 1.27. The van der Waals surface area contributed by atoms with E-state index in [0.29, 0.717) is 31.1 Å². The molecule has 1 amide bonds. The largest absolute Gasteiger partial charge is 0.490 e. The van der Waals surface area contributed by atoms with Gasteiger partial charge in [0.05, 0.1) is 44.7 Å². The second-order valence-electron chi connectivity index (χ2n) is 5.81. The number of hydrogen-bond donors (Lipinski definition) is 1. The second kappa shape index (κ2) is 11.5. The number of hydrazone groups is 1. The fraction of sp³-hybridized carbons (Fsp3) is 0.500. The van der Waals surface area contributed by atoms with E-state index in [1.54, 1.807) is 12.1 Å². The smallest absolute Gasteiger partial charge is 0.343 e. The molecule has 0 unspecified atom stereocenters. The van der Waals surface area contributed by atoms with Gasteiger partial charge in [-0.3, -0.25) is 9.69 Å². The molecule has 1 aromatic carbocycles. The highest BCUT2D eigenvalue weighted by Gasteiger charge is 2.15. The van der Waals surface area contributed by atoms with Gasteiger partial charge in [-0.1, -0.05) is 11.6 Å². The zero-order valence-corrected chi connectivity index (χ0v) is 16.7. The SMILES string of the molecule is CCOc1cc(/C=N/NC(=O)CN2CCOCC2)cc(Cl)c1OCC(=O)OC. The summed E-state index contributed by atoms with van der Waals surface area (Å²) in [6.07, 6.45) is 1.45. The van der Waals surface area contributed by atoms with E-state index in [-0.39, 0.29) is 29.8 Å². The molecule has 0 atom stereocenters. The summed E-state index contributed by atoms with van der Waals surface area (Å²) in [5.74, 6) is -0.151. The van der Waals surface area contributed by atoms with Crippen LogP contribution in [0.5, 0.6) is 11.5 Å². The summed E-state index contributed by atoms with van der Waals surface area (Å²) in [5, 5.41) is 4.20. The van der Waals surface area contributed by atoms with Crippen molar-refractivity contribution in [3.05, 3.63) is 22.7 Å². The van der Waals surface area contributed by atoms with E-state index >= 15 is 0 Å². The van der Waals surface area contributed by atoms with Crippen LogP contribution >= 0.6 is 11.6 Å². The predicted molar refractivity (Wildman–Crippen MR) is 103 cm³/mol. The van der Waals surface area contributed by atoms with Crippen molar-refractivity contribution in [1.82, 2.24) is 10.3 Å². The molecule has 1 aliphatic rings. The summed E-state index contributed by atoms with van der Waals surface area (Å²) in [4.78, 5) is 25.2. The van der Waals surface area contributed by atoms with Crippen molar-refractivity contribution >= 4 is 29.7 Å². The molecule has 1 saturated heterocycles. The molecular weight excluding hydrogens is 390 g/mol. The van der Waals surface area contributed by atoms with Crippen LogP contribution in [-0.4, -0.2) is 76.2 Å². The lowest BCUT2D eigenvalue weighted by Gasteiger charge is -2.25. The molecule has 0 radical (unpaired) electrons. The van der Waals surface area contributed by atoms with Gasteiger partial charge in [-0.15, -0.1) is 0 Å². The minimum Gasteiger partial charge on any atom is -0.490 e. The van der Waals surface area contributed by atoms with E-state index in [9.17, 15) is 9.59 Å². The van der Waals surface area contributed by atoms with Crippen molar-refractivity contribution in [2.24, 2.45) is 5.10 Å². The van der Waals surface area contributed by atoms with Crippen molar-refractivity contribution in [2.45, 2.75) is 6.92 Å². The monoisotopic (exact) mass is 413 g/mol. The van der Waals surface area contributed by atoms with E-state index in [0.717, 1.165) is 13.1 Å². The highest BCUT2D eigenvalue weighted by atomic mass is 35.5. The van der Waals surface area contributed by atoms with E-state index < -0.39 is 5.97 Å². The maximum atomic E-state index is 11.9. The summed E-state index contributed by atoms with van der Waals surface area (Å²) in [6.45, 7) is 4.84. The first-order valence-electron chi connectivity index (χ1n) is 8.81. The number of benzene rings is 1. The molecule has 28 heavy (non-hydrogen) atoms. The van der Waals surface area contributed by atoms with Crippen LogP contribution < -0.4 is 14.9 Å². The molecule has 9 nitrogen and oxygen atoms in total. The minimum absolute atomic E-state index is 0.215. The summed E-state index contributed by atoms with van der Waals surface area (Å²) >= 11 is 6.24. The Bertz CT molecular complexity index is 707. The van der Waals surface area contributed by atoms with Crippen LogP contribution in [-0.2, 0) is 19.1 Å². The Kier molecular flexibility index (Phi) is 8.99. The summed E-state index contributed by atoms with van der Waals surface area (Å²) < 4.78 is 20.7. The van der Waals surface area contributed by atoms with Gasteiger partial charge in [0, 0.05) is 13.1 Å². The molecule has 1 aliphatic heterocycles. The second-order valence-corrected chi connectivity index (χ2v) is 6.22. The quantitative estimate of drug-likeness (QED) is 0.367. The molecule has 0 aliphatic carbocycles. The number of carbonyl (C=O) groups excluding carboxylic acids is 2. The number of nitrogens with one attached hydrogen (secondary N) is 1. The Morgan fingerprint density at radius 1 is 1.32 bits per heavy atom. The van der Waals surface area contributed by atoms with Crippen LogP contribution in [0.4, 0.5) is 0 Å². The Morgan fingerprint density at radius 3 is 2.75 bits per heavy atom. The van der Waals surface area contributed by atoms with Crippen LogP contribution in [0, 0.1) is 0 Å². The summed E-state index contributed by atoms with van der Waals surface area (Å²) in [5.41, 5.74) is 3.09. The first-order chi connectivity index (χ1) is 13.5. The summed E-state index contributed by atoms with van der Waals surface area (Å²) in [6, 6.07) is 3.24. The minimum atomic E-state index is -0.535. The molecule has 0 bridgehead atoms. The maximum absolute atomic E-state index is 11.9. The van der Waals surface area contributed by atoms with Crippen molar-refractivity contribution in [3.8, 4) is 11.5 Å². The molecule has 1 heterocycles. The molecule has 1 fully saturated rings. The number of hydrogen-bond acceptors (Lipinski definition) is 8. The molecule has 0 aromatic heterocycles. The Balaban J connectivity index is 1.98. The molecule has 1 aromatic rings. The van der Waals surface area contributed by atoms with Gasteiger partial charge in [-0.05, 0) is 24.6 Å². The molecule has 0 spiro atoms. The average Bonchev–Trinajstić information content (AvgIpc) is 2.68. The number of ether oxygens (including phenoxy) is 4. The number of rotatable bonds is 9. The van der Waals surface area contributed by atoms with E-state index in [4.69, 9.17) is 25.8 Å². The van der Waals surface area contributed by atoms with Crippen LogP contribution in [0.15, 0.2) is 17.2 Å². The van der Waals surface area contributed by atoms with Crippen LogP contribution in [0.1, 0.15) is 12.5 Å². The van der Waals surface area contributed by atoms with Crippen molar-refractivity contribution < 1.29 is 28.5 Å². The molecule has 154 valence electrons. The van der Waals surface area contributed by atoms with Crippen molar-refractivity contribution in [3.63, 3.8) is 0 Å². The number of methoxy groups -OCH3 is 1. The van der Waals surface area contributed by atoms with E-state index in [1.165, 1.54) is 13.3 Å². The number of morpholine rings is 1. The lowest BCUT2D eigenvalue weighted by atomic mass is 10.2. The first kappa shape index (κ1) is 21.9. The van der Waals surface area contributed by atoms with Gasteiger partial charge in [-0.2, -0.15) is 5.10 Å². The molecular formula is C18H24ClN3O6. The Morgan fingerprint density at radius 2 is 2.07 bits per heavy atom. The Hall–Kier alpha value is -2.36. The van der Waals surface area contributed by atoms with Crippen LogP contribution in [0.3, 0.4) is 0 Å². The fourth-order valence-electron chi connectivity index (χ4n) is 2.43.